The van der Waals surface area contributed by atoms with Gasteiger partial charge in [0.1, 0.15) is 11.5 Å². The van der Waals surface area contributed by atoms with Gasteiger partial charge >= 0.3 is 5.97 Å². The van der Waals surface area contributed by atoms with Gasteiger partial charge in [0.25, 0.3) is 0 Å². The Balaban J connectivity index is 2.26. The number of aryl methyl sites for hydroxylation is 3. The van der Waals surface area contributed by atoms with Crippen molar-refractivity contribution in [3.05, 3.63) is 17.1 Å². The molecule has 0 spiro atoms. The molecule has 7 nitrogen and oxygen atoms in total. The molecule has 0 unspecified atom stereocenters. The molecule has 7 heteroatoms. The Labute approximate surface area is 110 Å². The molecule has 1 N–H and O–H groups in total. The van der Waals surface area contributed by atoms with Crippen molar-refractivity contribution in [1.29, 1.82) is 0 Å². The van der Waals surface area contributed by atoms with Gasteiger partial charge in [0.05, 0.1) is 5.56 Å². The van der Waals surface area contributed by atoms with Gasteiger partial charge in [-0.1, -0.05) is 0 Å². The molecule has 2 rings (SSSR count). The normalized spacial score (nSPS) is 10.9. The molecule has 19 heavy (non-hydrogen) atoms. The topological polar surface area (TPSA) is 94.0 Å². The second-order valence-electron chi connectivity index (χ2n) is 4.44. The summed E-state index contributed by atoms with van der Waals surface area (Å²) in [6.45, 7) is 6.19. The van der Waals surface area contributed by atoms with Crippen molar-refractivity contribution in [2.24, 2.45) is 0 Å². The van der Waals surface area contributed by atoms with E-state index in [1.807, 2.05) is 20.8 Å². The average Bonchev–Trinajstić information content (AvgIpc) is 2.85. The largest absolute Gasteiger partial charge is 0.481 e. The number of hydrogen-bond acceptors (Lipinski definition) is 5. The maximum atomic E-state index is 10.5. The van der Waals surface area contributed by atoms with E-state index in [1.54, 1.807) is 4.68 Å². The summed E-state index contributed by atoms with van der Waals surface area (Å²) < 4.78 is 7.18. The van der Waals surface area contributed by atoms with Crippen LogP contribution in [0, 0.1) is 20.8 Å². The van der Waals surface area contributed by atoms with Gasteiger partial charge in [-0.25, -0.2) is 4.68 Å². The summed E-state index contributed by atoms with van der Waals surface area (Å²) in [7, 11) is 0. The lowest BCUT2D eigenvalue weighted by molar-refractivity contribution is -0.137. The molecule has 2 heterocycles. The maximum absolute atomic E-state index is 10.5. The quantitative estimate of drug-likeness (QED) is 0.883. The lowest BCUT2D eigenvalue weighted by Gasteiger charge is -2.03. The Bertz CT molecular complexity index is 600. The lowest BCUT2D eigenvalue weighted by Crippen LogP contribution is -2.06. The predicted octanol–water partition coefficient (Wildman–Crippen LogP) is 1.72. The van der Waals surface area contributed by atoms with Crippen molar-refractivity contribution in [3.8, 4) is 11.4 Å². The standard InChI is InChI=1S/C12H16N4O3/c1-7-8(2)19-9(3)11(7)12-13-14-15-16(12)6-4-5-10(17)18/h4-6H2,1-3H3,(H,17,18). The lowest BCUT2D eigenvalue weighted by atomic mass is 10.1. The maximum Gasteiger partial charge on any atom is 0.303 e. The molecular weight excluding hydrogens is 248 g/mol. The van der Waals surface area contributed by atoms with E-state index < -0.39 is 5.97 Å². The summed E-state index contributed by atoms with van der Waals surface area (Å²) in [5.74, 6) is 1.41. The number of hydrogen-bond donors (Lipinski definition) is 1. The average molecular weight is 264 g/mol. The van der Waals surface area contributed by atoms with Crippen LogP contribution >= 0.6 is 0 Å². The highest BCUT2D eigenvalue weighted by Crippen LogP contribution is 2.29. The van der Waals surface area contributed by atoms with Gasteiger partial charge in [-0.15, -0.1) is 5.10 Å². The smallest absolute Gasteiger partial charge is 0.303 e. The van der Waals surface area contributed by atoms with Crippen LogP contribution in [0.5, 0.6) is 0 Å². The van der Waals surface area contributed by atoms with Gasteiger partial charge in [-0.2, -0.15) is 0 Å². The van der Waals surface area contributed by atoms with E-state index in [-0.39, 0.29) is 6.42 Å². The number of carboxylic acids is 1. The molecule has 0 aromatic carbocycles. The Hall–Kier alpha value is -2.18. The number of furan rings is 1. The first-order valence-corrected chi connectivity index (χ1v) is 6.05. The summed E-state index contributed by atoms with van der Waals surface area (Å²) in [5, 5.41) is 20.2. The van der Waals surface area contributed by atoms with E-state index in [0.29, 0.717) is 18.8 Å². The third kappa shape index (κ3) is 2.64. The minimum Gasteiger partial charge on any atom is -0.481 e. The van der Waals surface area contributed by atoms with E-state index in [4.69, 9.17) is 9.52 Å². The molecule has 0 amide bonds. The number of rotatable bonds is 5. The Morgan fingerprint density at radius 1 is 1.32 bits per heavy atom. The molecule has 0 atom stereocenters. The first-order valence-electron chi connectivity index (χ1n) is 6.05. The number of carbonyl (C=O) groups is 1. The van der Waals surface area contributed by atoms with Crippen molar-refractivity contribution < 1.29 is 14.3 Å². The van der Waals surface area contributed by atoms with Crippen LogP contribution in [0.1, 0.15) is 29.9 Å². The van der Waals surface area contributed by atoms with E-state index in [2.05, 4.69) is 15.5 Å². The van der Waals surface area contributed by atoms with Crippen molar-refractivity contribution in [3.63, 3.8) is 0 Å². The summed E-state index contributed by atoms with van der Waals surface area (Å²) in [5.41, 5.74) is 1.89. The second kappa shape index (κ2) is 5.21. The van der Waals surface area contributed by atoms with Crippen LogP contribution in [0.15, 0.2) is 4.42 Å². The van der Waals surface area contributed by atoms with Gasteiger partial charge in [-0.05, 0) is 37.6 Å². The zero-order valence-electron chi connectivity index (χ0n) is 11.2. The van der Waals surface area contributed by atoms with Crippen LogP contribution in [-0.2, 0) is 11.3 Å². The molecule has 0 bridgehead atoms. The van der Waals surface area contributed by atoms with Gasteiger partial charge in [0.2, 0.25) is 0 Å². The molecule has 2 aromatic rings. The fourth-order valence-electron chi connectivity index (χ4n) is 2.04. The molecule has 0 aliphatic carbocycles. The minimum atomic E-state index is -0.818. The molecule has 0 aliphatic heterocycles. The van der Waals surface area contributed by atoms with E-state index in [1.165, 1.54) is 0 Å². The number of aliphatic carboxylic acids is 1. The fraction of sp³-hybridized carbons (Fsp3) is 0.500. The van der Waals surface area contributed by atoms with Crippen LogP contribution in [-0.4, -0.2) is 31.3 Å². The first kappa shape index (κ1) is 13.3. The SMILES string of the molecule is Cc1oc(C)c(-c2nnnn2CCCC(=O)O)c1C. The zero-order valence-corrected chi connectivity index (χ0v) is 11.2. The molecule has 0 saturated carbocycles. The fourth-order valence-corrected chi connectivity index (χ4v) is 2.04. The van der Waals surface area contributed by atoms with Crippen molar-refractivity contribution >= 4 is 5.97 Å². The highest BCUT2D eigenvalue weighted by Gasteiger charge is 2.19. The van der Waals surface area contributed by atoms with Gasteiger partial charge in [0.15, 0.2) is 5.82 Å². The molecule has 2 aromatic heterocycles. The monoisotopic (exact) mass is 264 g/mol. The van der Waals surface area contributed by atoms with E-state index in [9.17, 15) is 4.79 Å². The summed E-state index contributed by atoms with van der Waals surface area (Å²) in [4.78, 5) is 10.5. The first-order chi connectivity index (χ1) is 9.00. The highest BCUT2D eigenvalue weighted by molar-refractivity contribution is 5.66. The number of aromatic nitrogens is 4. The number of tetrazole rings is 1. The predicted molar refractivity (Wildman–Crippen MR) is 66.6 cm³/mol. The van der Waals surface area contributed by atoms with Crippen LogP contribution in [0.25, 0.3) is 11.4 Å². The molecule has 0 radical (unpaired) electrons. The highest BCUT2D eigenvalue weighted by atomic mass is 16.4. The summed E-state index contributed by atoms with van der Waals surface area (Å²) >= 11 is 0. The Kier molecular flexibility index (Phi) is 3.64. The molecular formula is C12H16N4O3. The van der Waals surface area contributed by atoms with Crippen LogP contribution in [0.3, 0.4) is 0 Å². The van der Waals surface area contributed by atoms with Gasteiger partial charge in [-0.3, -0.25) is 4.79 Å². The third-order valence-corrected chi connectivity index (χ3v) is 3.08. The number of carboxylic acid groups (broad SMARTS) is 1. The third-order valence-electron chi connectivity index (χ3n) is 3.08. The Morgan fingerprint density at radius 3 is 2.63 bits per heavy atom. The summed E-state index contributed by atoms with van der Waals surface area (Å²) in [6.07, 6.45) is 0.587. The van der Waals surface area contributed by atoms with E-state index in [0.717, 1.165) is 22.6 Å². The van der Waals surface area contributed by atoms with Gasteiger partial charge in [0, 0.05) is 18.5 Å². The minimum absolute atomic E-state index is 0.0989. The molecule has 0 fully saturated rings. The van der Waals surface area contributed by atoms with Crippen LogP contribution < -0.4 is 0 Å². The Morgan fingerprint density at radius 2 is 2.05 bits per heavy atom. The van der Waals surface area contributed by atoms with Gasteiger partial charge < -0.3 is 9.52 Å². The van der Waals surface area contributed by atoms with Crippen LogP contribution in [0.2, 0.25) is 0 Å². The molecule has 0 aliphatic rings. The van der Waals surface area contributed by atoms with Crippen molar-refractivity contribution in [2.75, 3.05) is 0 Å². The molecule has 102 valence electrons. The van der Waals surface area contributed by atoms with Crippen molar-refractivity contribution in [2.45, 2.75) is 40.2 Å². The summed E-state index contributed by atoms with van der Waals surface area (Å²) in [6, 6.07) is 0. The second-order valence-corrected chi connectivity index (χ2v) is 4.44. The zero-order chi connectivity index (χ0) is 14.0. The van der Waals surface area contributed by atoms with Crippen molar-refractivity contribution in [1.82, 2.24) is 20.2 Å². The van der Waals surface area contributed by atoms with Crippen LogP contribution in [0.4, 0.5) is 0 Å². The molecule has 0 saturated heterocycles. The number of nitrogens with zero attached hydrogens (tertiary/aromatic N) is 4. The van der Waals surface area contributed by atoms with E-state index >= 15 is 0 Å².